The van der Waals surface area contributed by atoms with E-state index in [1.54, 1.807) is 13.8 Å². The third kappa shape index (κ3) is 2.10. The van der Waals surface area contributed by atoms with Gasteiger partial charge in [-0.15, -0.1) is 0 Å². The largest absolute Gasteiger partial charge is 0.401 e. The van der Waals surface area contributed by atoms with Crippen LogP contribution < -0.4 is 0 Å². The van der Waals surface area contributed by atoms with Crippen molar-refractivity contribution in [2.45, 2.75) is 58.3 Å². The quantitative estimate of drug-likeness (QED) is 0.683. The molecule has 2 aliphatic rings. The average Bonchev–Trinajstić information content (AvgIpc) is 2.49. The van der Waals surface area contributed by atoms with Crippen molar-refractivity contribution < 1.29 is 27.4 Å². The Kier molecular flexibility index (Phi) is 3.10. The molecule has 6 heteroatoms. The lowest BCUT2D eigenvalue weighted by Gasteiger charge is -2.41. The molecule has 1 heterocycles. The molecule has 0 amide bonds. The van der Waals surface area contributed by atoms with Crippen LogP contribution in [0, 0.1) is 5.41 Å². The molecule has 0 aromatic rings. The molecule has 19 heavy (non-hydrogen) atoms. The van der Waals surface area contributed by atoms with Crippen molar-refractivity contribution in [2.75, 3.05) is 0 Å². The molecule has 3 atom stereocenters. The Bertz CT molecular complexity index is 431. The van der Waals surface area contributed by atoms with Gasteiger partial charge in [0.2, 0.25) is 0 Å². The Morgan fingerprint density at radius 1 is 1.26 bits per heavy atom. The molecule has 0 saturated carbocycles. The van der Waals surface area contributed by atoms with Gasteiger partial charge in [-0.3, -0.25) is 4.79 Å². The maximum atomic E-state index is 13.2. The second-order valence-electron chi connectivity index (χ2n) is 5.62. The summed E-state index contributed by atoms with van der Waals surface area (Å²) in [5, 5.41) is 0. The SMILES string of the molecule is CC1=CC2(CC(C)(C(F)(F)F)C1=O)OC(C)C(C)O2. The summed E-state index contributed by atoms with van der Waals surface area (Å²) >= 11 is 0. The first kappa shape index (κ1) is 14.5. The fraction of sp³-hybridized carbons (Fsp3) is 0.769. The molecule has 3 unspecified atom stereocenters. The first-order valence-electron chi connectivity index (χ1n) is 6.17. The number of rotatable bonds is 0. The smallest absolute Gasteiger partial charge is 0.341 e. The Labute approximate surface area is 109 Å². The van der Waals surface area contributed by atoms with Crippen molar-refractivity contribution in [3.63, 3.8) is 0 Å². The van der Waals surface area contributed by atoms with Gasteiger partial charge in [0.25, 0.3) is 0 Å². The Morgan fingerprint density at radius 2 is 1.74 bits per heavy atom. The number of carbonyl (C=O) groups is 1. The topological polar surface area (TPSA) is 35.5 Å². The van der Waals surface area contributed by atoms with Gasteiger partial charge in [-0.25, -0.2) is 0 Å². The van der Waals surface area contributed by atoms with Gasteiger partial charge in [0.05, 0.1) is 12.2 Å². The first-order valence-corrected chi connectivity index (χ1v) is 6.17. The maximum Gasteiger partial charge on any atom is 0.401 e. The summed E-state index contributed by atoms with van der Waals surface area (Å²) in [7, 11) is 0. The summed E-state index contributed by atoms with van der Waals surface area (Å²) in [5.74, 6) is -2.36. The van der Waals surface area contributed by atoms with Crippen molar-refractivity contribution in [1.29, 1.82) is 0 Å². The van der Waals surface area contributed by atoms with E-state index in [1.165, 1.54) is 13.0 Å². The van der Waals surface area contributed by atoms with Gasteiger partial charge in [-0.05, 0) is 39.3 Å². The van der Waals surface area contributed by atoms with Crippen molar-refractivity contribution in [2.24, 2.45) is 5.41 Å². The van der Waals surface area contributed by atoms with E-state index in [0.29, 0.717) is 0 Å². The van der Waals surface area contributed by atoms with E-state index in [4.69, 9.17) is 9.47 Å². The molecule has 3 nitrogen and oxygen atoms in total. The van der Waals surface area contributed by atoms with E-state index in [2.05, 4.69) is 0 Å². The van der Waals surface area contributed by atoms with Crippen LogP contribution in [-0.4, -0.2) is 30.0 Å². The molecule has 0 radical (unpaired) electrons. The third-order valence-electron chi connectivity index (χ3n) is 3.95. The van der Waals surface area contributed by atoms with Crippen LogP contribution in [0.1, 0.15) is 34.1 Å². The molecule has 1 saturated heterocycles. The molecule has 0 bridgehead atoms. The lowest BCUT2D eigenvalue weighted by atomic mass is 9.71. The van der Waals surface area contributed by atoms with Crippen molar-refractivity contribution >= 4 is 5.78 Å². The van der Waals surface area contributed by atoms with Crippen LogP contribution in [0.15, 0.2) is 11.6 Å². The molecule has 0 aromatic carbocycles. The monoisotopic (exact) mass is 278 g/mol. The Balaban J connectivity index is 2.45. The van der Waals surface area contributed by atoms with Gasteiger partial charge in [-0.2, -0.15) is 13.2 Å². The van der Waals surface area contributed by atoms with E-state index in [0.717, 1.165) is 6.92 Å². The van der Waals surface area contributed by atoms with Crippen molar-refractivity contribution in [3.05, 3.63) is 11.6 Å². The predicted molar refractivity (Wildman–Crippen MR) is 61.4 cm³/mol. The van der Waals surface area contributed by atoms with E-state index >= 15 is 0 Å². The molecule has 1 aliphatic heterocycles. The number of alkyl halides is 3. The maximum absolute atomic E-state index is 13.2. The number of hydrogen-bond donors (Lipinski definition) is 0. The number of ether oxygens (including phenoxy) is 2. The minimum atomic E-state index is -4.63. The highest BCUT2D eigenvalue weighted by atomic mass is 19.4. The standard InChI is InChI=1S/C13H17F3O3/c1-7-5-12(18-8(2)9(3)19-12)6-11(4,10(7)17)13(14,15)16/h5,8-9H,6H2,1-4H3. The lowest BCUT2D eigenvalue weighted by Crippen LogP contribution is -2.52. The van der Waals surface area contributed by atoms with E-state index in [9.17, 15) is 18.0 Å². The van der Waals surface area contributed by atoms with Gasteiger partial charge in [0, 0.05) is 6.42 Å². The van der Waals surface area contributed by atoms with Crippen LogP contribution in [-0.2, 0) is 14.3 Å². The molecule has 0 aromatic heterocycles. The zero-order valence-corrected chi connectivity index (χ0v) is 11.3. The second kappa shape index (κ2) is 4.06. The number of allylic oxidation sites excluding steroid dienone is 1. The van der Waals surface area contributed by atoms with E-state index in [1.807, 2.05) is 0 Å². The summed E-state index contributed by atoms with van der Waals surface area (Å²) in [6.45, 7) is 5.76. The zero-order chi connectivity index (χ0) is 14.6. The summed E-state index contributed by atoms with van der Waals surface area (Å²) in [4.78, 5) is 11.9. The second-order valence-corrected chi connectivity index (χ2v) is 5.62. The summed E-state index contributed by atoms with van der Waals surface area (Å²) in [6, 6.07) is 0. The lowest BCUT2D eigenvalue weighted by molar-refractivity contribution is -0.249. The molecular formula is C13H17F3O3. The fourth-order valence-electron chi connectivity index (χ4n) is 2.68. The van der Waals surface area contributed by atoms with Crippen LogP contribution in [0.3, 0.4) is 0 Å². The summed E-state index contributed by atoms with van der Waals surface area (Å²) in [5.41, 5.74) is -2.43. The van der Waals surface area contributed by atoms with Gasteiger partial charge in [-0.1, -0.05) is 0 Å². The highest BCUT2D eigenvalue weighted by Gasteiger charge is 2.64. The molecule has 2 rings (SSSR count). The van der Waals surface area contributed by atoms with Crippen molar-refractivity contribution in [1.82, 2.24) is 0 Å². The molecule has 1 fully saturated rings. The van der Waals surface area contributed by atoms with Crippen LogP contribution in [0.25, 0.3) is 0 Å². The minimum Gasteiger partial charge on any atom is -0.341 e. The Hall–Kier alpha value is -0.880. The molecule has 108 valence electrons. The number of carbonyl (C=O) groups excluding carboxylic acids is 1. The van der Waals surface area contributed by atoms with Gasteiger partial charge in [0.15, 0.2) is 11.6 Å². The highest BCUT2D eigenvalue weighted by molar-refractivity contribution is 6.01. The highest BCUT2D eigenvalue weighted by Crippen LogP contribution is 2.52. The van der Waals surface area contributed by atoms with Crippen LogP contribution in [0.4, 0.5) is 13.2 Å². The van der Waals surface area contributed by atoms with Crippen LogP contribution in [0.5, 0.6) is 0 Å². The first-order chi connectivity index (χ1) is 8.51. The predicted octanol–water partition coefficient (Wildman–Crippen LogP) is 2.99. The number of halogens is 3. The summed E-state index contributed by atoms with van der Waals surface area (Å²) < 4.78 is 50.8. The van der Waals surface area contributed by atoms with Gasteiger partial charge in [0.1, 0.15) is 5.41 Å². The number of Topliss-reactive ketones (excluding diaryl/α,β-unsaturated/α-hetero) is 1. The van der Waals surface area contributed by atoms with Crippen molar-refractivity contribution in [3.8, 4) is 0 Å². The van der Waals surface area contributed by atoms with E-state index < -0.39 is 29.6 Å². The van der Waals surface area contributed by atoms with E-state index in [-0.39, 0.29) is 17.8 Å². The van der Waals surface area contributed by atoms with Crippen LogP contribution >= 0.6 is 0 Å². The zero-order valence-electron chi connectivity index (χ0n) is 11.3. The number of ketones is 1. The third-order valence-corrected chi connectivity index (χ3v) is 3.95. The summed E-state index contributed by atoms with van der Waals surface area (Å²) in [6.07, 6.45) is -4.41. The average molecular weight is 278 g/mol. The van der Waals surface area contributed by atoms with Gasteiger partial charge < -0.3 is 9.47 Å². The normalized spacial score (nSPS) is 43.7. The molecule has 1 aliphatic carbocycles. The molecule has 0 N–H and O–H groups in total. The van der Waals surface area contributed by atoms with Crippen LogP contribution in [0.2, 0.25) is 0 Å². The van der Waals surface area contributed by atoms with Gasteiger partial charge >= 0.3 is 6.18 Å². The number of hydrogen-bond acceptors (Lipinski definition) is 3. The minimum absolute atomic E-state index is 0.0346. The fourth-order valence-corrected chi connectivity index (χ4v) is 2.68. The molecule has 1 spiro atoms. The molecular weight excluding hydrogens is 261 g/mol. The Morgan fingerprint density at radius 3 is 2.16 bits per heavy atom.